The number of hydrogen-bond acceptors (Lipinski definition) is 6. The van der Waals surface area contributed by atoms with Crippen LogP contribution in [0.2, 0.25) is 0 Å². The maximum Gasteiger partial charge on any atom is 0.274 e. The molecule has 32 heavy (non-hydrogen) atoms. The second-order valence-corrected chi connectivity index (χ2v) is 10.1. The monoisotopic (exact) mass is 449 g/mol. The van der Waals surface area contributed by atoms with Crippen molar-refractivity contribution in [2.24, 2.45) is 5.92 Å². The molecule has 4 aromatic rings. The van der Waals surface area contributed by atoms with E-state index in [1.807, 2.05) is 31.6 Å². The molecule has 9 heteroatoms. The third kappa shape index (κ3) is 3.26. The smallest absolute Gasteiger partial charge is 0.274 e. The molecule has 0 aliphatic carbocycles. The number of thiazole rings is 1. The molecule has 0 saturated carbocycles. The Hall–Kier alpha value is -2.94. The molecule has 2 aliphatic rings. The summed E-state index contributed by atoms with van der Waals surface area (Å²) in [6.07, 6.45) is 10.1. The standard InChI is InChI=1S/C23H27N7OS/c1-15-6-8-27(12-15)21-16(2)13-30-20(25-21)11-17(26-30)19-5-3-4-7-29(19)22(31)18-14-28-9-10-32-23(28)24-18/h9-11,13-15,19H,3-8,12H2,1-2H3/t15-,19-/m0/s1. The second kappa shape index (κ2) is 7.58. The molecule has 2 saturated heterocycles. The predicted molar refractivity (Wildman–Crippen MR) is 124 cm³/mol. The van der Waals surface area contributed by atoms with Gasteiger partial charge in [-0.25, -0.2) is 14.5 Å². The van der Waals surface area contributed by atoms with Crippen LogP contribution in [0.25, 0.3) is 10.6 Å². The maximum absolute atomic E-state index is 13.4. The summed E-state index contributed by atoms with van der Waals surface area (Å²) in [6.45, 7) is 7.24. The van der Waals surface area contributed by atoms with Gasteiger partial charge in [-0.2, -0.15) is 5.10 Å². The zero-order chi connectivity index (χ0) is 21.8. The summed E-state index contributed by atoms with van der Waals surface area (Å²) in [5, 5.41) is 6.83. The zero-order valence-electron chi connectivity index (χ0n) is 18.4. The Kier molecular flexibility index (Phi) is 4.67. The molecule has 2 aliphatic heterocycles. The molecule has 0 aromatic carbocycles. The first-order chi connectivity index (χ1) is 15.6. The quantitative estimate of drug-likeness (QED) is 0.473. The van der Waals surface area contributed by atoms with Gasteiger partial charge in [0.25, 0.3) is 5.91 Å². The molecule has 8 nitrogen and oxygen atoms in total. The van der Waals surface area contributed by atoms with E-state index in [2.05, 4.69) is 36.0 Å². The van der Waals surface area contributed by atoms with Crippen molar-refractivity contribution in [3.05, 3.63) is 47.0 Å². The zero-order valence-corrected chi connectivity index (χ0v) is 19.3. The number of rotatable bonds is 3. The molecular formula is C23H27N7OS. The fourth-order valence-electron chi connectivity index (χ4n) is 5.09. The first-order valence-electron chi connectivity index (χ1n) is 11.4. The Balaban J connectivity index is 1.33. The van der Waals surface area contributed by atoms with Crippen LogP contribution in [0, 0.1) is 12.8 Å². The molecular weight excluding hydrogens is 422 g/mol. The van der Waals surface area contributed by atoms with Crippen molar-refractivity contribution in [2.75, 3.05) is 24.5 Å². The Bertz CT molecular complexity index is 1280. The predicted octanol–water partition coefficient (Wildman–Crippen LogP) is 3.96. The van der Waals surface area contributed by atoms with Gasteiger partial charge in [-0.1, -0.05) is 6.92 Å². The Morgan fingerprint density at radius 1 is 1.16 bits per heavy atom. The molecule has 166 valence electrons. The highest BCUT2D eigenvalue weighted by Crippen LogP contribution is 2.33. The summed E-state index contributed by atoms with van der Waals surface area (Å²) in [5.74, 6) is 1.74. The summed E-state index contributed by atoms with van der Waals surface area (Å²) in [6, 6.07) is 2.01. The topological polar surface area (TPSA) is 71.0 Å². The first-order valence-corrected chi connectivity index (χ1v) is 12.3. The summed E-state index contributed by atoms with van der Waals surface area (Å²) >= 11 is 1.54. The second-order valence-electron chi connectivity index (χ2n) is 9.19. The number of nitrogens with zero attached hydrogens (tertiary/aromatic N) is 7. The molecule has 2 atom stereocenters. The van der Waals surface area contributed by atoms with Crippen molar-refractivity contribution in [3.8, 4) is 0 Å². The SMILES string of the molecule is Cc1cn2nc([C@@H]3CCCCN3C(=O)c3cn4ccsc4n3)cc2nc1N1CC[C@H](C)C1. The first kappa shape index (κ1) is 19.7. The molecule has 4 aromatic heterocycles. The lowest BCUT2D eigenvalue weighted by atomic mass is 9.99. The van der Waals surface area contributed by atoms with Gasteiger partial charge in [-0.15, -0.1) is 11.3 Å². The Labute approximate surface area is 190 Å². The third-order valence-electron chi connectivity index (χ3n) is 6.76. The van der Waals surface area contributed by atoms with E-state index in [1.165, 1.54) is 17.8 Å². The lowest BCUT2D eigenvalue weighted by Crippen LogP contribution is -2.38. The van der Waals surface area contributed by atoms with Crippen molar-refractivity contribution < 1.29 is 4.79 Å². The van der Waals surface area contributed by atoms with Crippen LogP contribution in [0.15, 0.2) is 30.0 Å². The van der Waals surface area contributed by atoms with Crippen LogP contribution >= 0.6 is 11.3 Å². The number of hydrogen-bond donors (Lipinski definition) is 0. The highest BCUT2D eigenvalue weighted by atomic mass is 32.1. The van der Waals surface area contributed by atoms with Gasteiger partial charge < -0.3 is 9.80 Å². The number of amides is 1. The van der Waals surface area contributed by atoms with Gasteiger partial charge in [-0.3, -0.25) is 9.20 Å². The molecule has 0 spiro atoms. The molecule has 1 amide bonds. The number of likely N-dealkylation sites (tertiary alicyclic amines) is 1. The number of anilines is 1. The van der Waals surface area contributed by atoms with E-state index in [4.69, 9.17) is 10.1 Å². The van der Waals surface area contributed by atoms with Crippen LogP contribution in [-0.2, 0) is 0 Å². The van der Waals surface area contributed by atoms with Gasteiger partial charge in [0, 0.05) is 55.2 Å². The summed E-state index contributed by atoms with van der Waals surface area (Å²) in [4.78, 5) is 28.1. The van der Waals surface area contributed by atoms with E-state index in [0.29, 0.717) is 11.6 Å². The number of aromatic nitrogens is 5. The highest BCUT2D eigenvalue weighted by molar-refractivity contribution is 7.15. The van der Waals surface area contributed by atoms with Gasteiger partial charge in [0.1, 0.15) is 11.5 Å². The third-order valence-corrected chi connectivity index (χ3v) is 7.54. The van der Waals surface area contributed by atoms with Crippen LogP contribution in [0.5, 0.6) is 0 Å². The molecule has 0 unspecified atom stereocenters. The van der Waals surface area contributed by atoms with Gasteiger partial charge in [0.15, 0.2) is 10.6 Å². The average Bonchev–Trinajstić information content (AvgIpc) is 3.56. The number of carbonyl (C=O) groups excluding carboxylic acids is 1. The number of imidazole rings is 1. The van der Waals surface area contributed by atoms with E-state index in [0.717, 1.165) is 66.6 Å². The lowest BCUT2D eigenvalue weighted by Gasteiger charge is -2.34. The Morgan fingerprint density at radius 2 is 2.06 bits per heavy atom. The van der Waals surface area contributed by atoms with E-state index < -0.39 is 0 Å². The van der Waals surface area contributed by atoms with Gasteiger partial charge in [-0.05, 0) is 38.5 Å². The number of carbonyl (C=O) groups is 1. The molecule has 0 N–H and O–H groups in total. The fraction of sp³-hybridized carbons (Fsp3) is 0.478. The van der Waals surface area contributed by atoms with Crippen molar-refractivity contribution in [1.29, 1.82) is 0 Å². The molecule has 0 radical (unpaired) electrons. The van der Waals surface area contributed by atoms with Gasteiger partial charge >= 0.3 is 0 Å². The number of aryl methyl sites for hydroxylation is 1. The van der Waals surface area contributed by atoms with Crippen LogP contribution in [-0.4, -0.2) is 54.4 Å². The summed E-state index contributed by atoms with van der Waals surface area (Å²) < 4.78 is 3.78. The number of fused-ring (bicyclic) bond motifs is 2. The largest absolute Gasteiger partial charge is 0.356 e. The minimum absolute atomic E-state index is 0.0152. The van der Waals surface area contributed by atoms with Crippen LogP contribution in [0.3, 0.4) is 0 Å². The molecule has 2 fully saturated rings. The van der Waals surface area contributed by atoms with E-state index in [9.17, 15) is 4.79 Å². The average molecular weight is 450 g/mol. The molecule has 6 heterocycles. The van der Waals surface area contributed by atoms with Gasteiger partial charge in [0.2, 0.25) is 0 Å². The maximum atomic E-state index is 13.4. The summed E-state index contributed by atoms with van der Waals surface area (Å²) in [5.41, 5.74) is 3.40. The van der Waals surface area contributed by atoms with Gasteiger partial charge in [0.05, 0.1) is 11.7 Å². The Morgan fingerprint density at radius 3 is 2.88 bits per heavy atom. The highest BCUT2D eigenvalue weighted by Gasteiger charge is 2.32. The van der Waals surface area contributed by atoms with Crippen molar-refractivity contribution in [3.63, 3.8) is 0 Å². The minimum Gasteiger partial charge on any atom is -0.356 e. The summed E-state index contributed by atoms with van der Waals surface area (Å²) in [7, 11) is 0. The van der Waals surface area contributed by atoms with E-state index in [-0.39, 0.29) is 11.9 Å². The van der Waals surface area contributed by atoms with Crippen molar-refractivity contribution in [2.45, 2.75) is 45.6 Å². The van der Waals surface area contributed by atoms with E-state index >= 15 is 0 Å². The fourth-order valence-corrected chi connectivity index (χ4v) is 5.79. The van der Waals surface area contributed by atoms with Crippen molar-refractivity contribution >= 4 is 33.7 Å². The van der Waals surface area contributed by atoms with Crippen molar-refractivity contribution in [1.82, 2.24) is 28.9 Å². The van der Waals surface area contributed by atoms with Crippen LogP contribution < -0.4 is 4.90 Å². The number of piperidine rings is 1. The van der Waals surface area contributed by atoms with Crippen LogP contribution in [0.1, 0.15) is 60.4 Å². The minimum atomic E-state index is -0.0479. The lowest BCUT2D eigenvalue weighted by molar-refractivity contribution is 0.0600. The van der Waals surface area contributed by atoms with E-state index in [1.54, 1.807) is 0 Å². The molecule has 0 bridgehead atoms. The van der Waals surface area contributed by atoms with Crippen LogP contribution in [0.4, 0.5) is 5.82 Å². The molecule has 6 rings (SSSR count). The normalized spacial score (nSPS) is 21.8.